The largest absolute Gasteiger partial charge is 0.356 e. The summed E-state index contributed by atoms with van der Waals surface area (Å²) in [6.07, 6.45) is 7.63. The standard InChI is InChI=1S/C15H15N5/c16-10-14-18-8-5-15(19-14)20-9-1-2-13(11-20)12-3-6-17-7-4-12/h3-8,13H,1-2,9,11H2. The third-order valence-electron chi connectivity index (χ3n) is 3.66. The van der Waals surface area contributed by atoms with Crippen LogP contribution in [0, 0.1) is 11.3 Å². The van der Waals surface area contributed by atoms with Crippen molar-refractivity contribution in [1.29, 1.82) is 5.26 Å². The van der Waals surface area contributed by atoms with E-state index < -0.39 is 0 Å². The first-order valence-electron chi connectivity index (χ1n) is 6.75. The molecule has 0 aromatic carbocycles. The molecular formula is C15H15N5. The highest BCUT2D eigenvalue weighted by atomic mass is 15.2. The zero-order chi connectivity index (χ0) is 13.8. The number of hydrogen-bond donors (Lipinski definition) is 0. The minimum atomic E-state index is 0.230. The monoisotopic (exact) mass is 265 g/mol. The van der Waals surface area contributed by atoms with E-state index in [2.05, 4.69) is 32.0 Å². The van der Waals surface area contributed by atoms with Crippen molar-refractivity contribution >= 4 is 5.82 Å². The SMILES string of the molecule is N#Cc1nccc(N2CCCC(c3ccncc3)C2)n1. The molecule has 0 bridgehead atoms. The number of pyridine rings is 1. The third-order valence-corrected chi connectivity index (χ3v) is 3.66. The molecule has 5 nitrogen and oxygen atoms in total. The van der Waals surface area contributed by atoms with E-state index in [-0.39, 0.29) is 5.82 Å². The minimum Gasteiger partial charge on any atom is -0.356 e. The van der Waals surface area contributed by atoms with Crippen LogP contribution in [0.15, 0.2) is 36.8 Å². The van der Waals surface area contributed by atoms with E-state index in [1.165, 1.54) is 12.0 Å². The number of anilines is 1. The van der Waals surface area contributed by atoms with Crippen LogP contribution < -0.4 is 4.90 Å². The molecule has 1 saturated heterocycles. The minimum absolute atomic E-state index is 0.230. The summed E-state index contributed by atoms with van der Waals surface area (Å²) in [5.41, 5.74) is 1.32. The quantitative estimate of drug-likeness (QED) is 0.832. The Morgan fingerprint density at radius 3 is 2.85 bits per heavy atom. The molecule has 0 saturated carbocycles. The molecule has 0 amide bonds. The van der Waals surface area contributed by atoms with Gasteiger partial charge in [-0.25, -0.2) is 9.97 Å². The molecule has 1 fully saturated rings. The Bertz CT molecular complexity index is 620. The van der Waals surface area contributed by atoms with Gasteiger partial charge in [-0.3, -0.25) is 4.98 Å². The maximum atomic E-state index is 8.89. The Morgan fingerprint density at radius 2 is 2.05 bits per heavy atom. The third kappa shape index (κ3) is 2.59. The van der Waals surface area contributed by atoms with E-state index >= 15 is 0 Å². The van der Waals surface area contributed by atoms with Crippen LogP contribution in [0.25, 0.3) is 0 Å². The van der Waals surface area contributed by atoms with Crippen LogP contribution in [0.3, 0.4) is 0 Å². The fourth-order valence-electron chi connectivity index (χ4n) is 2.67. The normalized spacial score (nSPS) is 18.6. The van der Waals surface area contributed by atoms with Crippen LogP contribution in [0.5, 0.6) is 0 Å². The van der Waals surface area contributed by atoms with Crippen LogP contribution in [0.4, 0.5) is 5.82 Å². The van der Waals surface area contributed by atoms with Crippen molar-refractivity contribution in [3.63, 3.8) is 0 Å². The fourth-order valence-corrected chi connectivity index (χ4v) is 2.67. The molecule has 1 unspecified atom stereocenters. The van der Waals surface area contributed by atoms with Gasteiger partial charge >= 0.3 is 0 Å². The van der Waals surface area contributed by atoms with E-state index in [9.17, 15) is 0 Å². The van der Waals surface area contributed by atoms with Crippen molar-refractivity contribution in [3.8, 4) is 6.07 Å². The zero-order valence-electron chi connectivity index (χ0n) is 11.1. The Morgan fingerprint density at radius 1 is 1.20 bits per heavy atom. The van der Waals surface area contributed by atoms with E-state index in [1.807, 2.05) is 24.5 Å². The smallest absolute Gasteiger partial charge is 0.234 e. The lowest BCUT2D eigenvalue weighted by molar-refractivity contribution is 0.506. The van der Waals surface area contributed by atoms with Gasteiger partial charge in [-0.05, 0) is 36.6 Å². The van der Waals surface area contributed by atoms with Crippen molar-refractivity contribution in [3.05, 3.63) is 48.2 Å². The average molecular weight is 265 g/mol. The molecule has 1 aliphatic rings. The summed E-state index contributed by atoms with van der Waals surface area (Å²) in [6, 6.07) is 8.02. The summed E-state index contributed by atoms with van der Waals surface area (Å²) < 4.78 is 0. The Labute approximate surface area is 117 Å². The van der Waals surface area contributed by atoms with Gasteiger partial charge < -0.3 is 4.90 Å². The van der Waals surface area contributed by atoms with Gasteiger partial charge in [0.15, 0.2) is 0 Å². The number of nitrogens with zero attached hydrogens (tertiary/aromatic N) is 5. The van der Waals surface area contributed by atoms with Gasteiger partial charge in [0.05, 0.1) is 0 Å². The van der Waals surface area contributed by atoms with Gasteiger partial charge in [0.25, 0.3) is 0 Å². The lowest BCUT2D eigenvalue weighted by Crippen LogP contribution is -2.35. The molecule has 0 radical (unpaired) electrons. The van der Waals surface area contributed by atoms with Crippen molar-refractivity contribution in [2.24, 2.45) is 0 Å². The Balaban J connectivity index is 1.80. The molecule has 5 heteroatoms. The number of aromatic nitrogens is 3. The lowest BCUT2D eigenvalue weighted by Gasteiger charge is -2.33. The van der Waals surface area contributed by atoms with Gasteiger partial charge in [-0.2, -0.15) is 5.26 Å². The van der Waals surface area contributed by atoms with E-state index in [4.69, 9.17) is 5.26 Å². The molecule has 2 aromatic rings. The van der Waals surface area contributed by atoms with Gasteiger partial charge in [-0.15, -0.1) is 0 Å². The van der Waals surface area contributed by atoms with Crippen LogP contribution >= 0.6 is 0 Å². The van der Waals surface area contributed by atoms with Gasteiger partial charge in [0.1, 0.15) is 11.9 Å². The van der Waals surface area contributed by atoms with Crippen molar-refractivity contribution < 1.29 is 0 Å². The number of hydrogen-bond acceptors (Lipinski definition) is 5. The summed E-state index contributed by atoms with van der Waals surface area (Å²) >= 11 is 0. The van der Waals surface area contributed by atoms with Crippen molar-refractivity contribution in [2.45, 2.75) is 18.8 Å². The first-order valence-corrected chi connectivity index (χ1v) is 6.75. The highest BCUT2D eigenvalue weighted by molar-refractivity contribution is 5.40. The Hall–Kier alpha value is -2.48. The number of rotatable bonds is 2. The van der Waals surface area contributed by atoms with Gasteiger partial charge in [0.2, 0.25) is 5.82 Å². The molecule has 1 atom stereocenters. The molecule has 20 heavy (non-hydrogen) atoms. The van der Waals surface area contributed by atoms with Crippen molar-refractivity contribution in [2.75, 3.05) is 18.0 Å². The van der Waals surface area contributed by atoms with Crippen LogP contribution in [0.2, 0.25) is 0 Å². The van der Waals surface area contributed by atoms with Gasteiger partial charge in [0, 0.05) is 37.6 Å². The van der Waals surface area contributed by atoms with Crippen LogP contribution in [-0.2, 0) is 0 Å². The molecule has 3 rings (SSSR count). The van der Waals surface area contributed by atoms with E-state index in [0.717, 1.165) is 25.3 Å². The highest BCUT2D eigenvalue weighted by Crippen LogP contribution is 2.28. The second-order valence-electron chi connectivity index (χ2n) is 4.92. The second-order valence-corrected chi connectivity index (χ2v) is 4.92. The predicted octanol–water partition coefficient (Wildman–Crippen LogP) is 2.13. The maximum Gasteiger partial charge on any atom is 0.234 e. The zero-order valence-corrected chi connectivity index (χ0v) is 11.1. The maximum absolute atomic E-state index is 8.89. The average Bonchev–Trinajstić information content (AvgIpc) is 2.56. The molecule has 1 aliphatic heterocycles. The highest BCUT2D eigenvalue weighted by Gasteiger charge is 2.22. The van der Waals surface area contributed by atoms with Crippen LogP contribution in [0.1, 0.15) is 30.1 Å². The summed E-state index contributed by atoms with van der Waals surface area (Å²) in [5, 5.41) is 8.89. The summed E-state index contributed by atoms with van der Waals surface area (Å²) in [4.78, 5) is 14.5. The van der Waals surface area contributed by atoms with E-state index in [1.54, 1.807) is 6.20 Å². The molecule has 0 spiro atoms. The van der Waals surface area contributed by atoms with Gasteiger partial charge in [-0.1, -0.05) is 0 Å². The molecule has 100 valence electrons. The van der Waals surface area contributed by atoms with E-state index in [0.29, 0.717) is 5.92 Å². The summed E-state index contributed by atoms with van der Waals surface area (Å²) in [6.45, 7) is 1.90. The second kappa shape index (κ2) is 5.66. The molecule has 0 N–H and O–H groups in total. The number of nitriles is 1. The molecule has 2 aromatic heterocycles. The fraction of sp³-hybridized carbons (Fsp3) is 0.333. The number of piperidine rings is 1. The molecular weight excluding hydrogens is 250 g/mol. The molecule has 0 aliphatic carbocycles. The predicted molar refractivity (Wildman–Crippen MR) is 75.2 cm³/mol. The molecule has 3 heterocycles. The van der Waals surface area contributed by atoms with Crippen molar-refractivity contribution in [1.82, 2.24) is 15.0 Å². The summed E-state index contributed by atoms with van der Waals surface area (Å²) in [5.74, 6) is 1.57. The topological polar surface area (TPSA) is 65.7 Å². The first kappa shape index (κ1) is 12.5. The lowest BCUT2D eigenvalue weighted by atomic mass is 9.91. The van der Waals surface area contributed by atoms with Crippen LogP contribution in [-0.4, -0.2) is 28.0 Å². The summed E-state index contributed by atoms with van der Waals surface area (Å²) in [7, 11) is 0. The Kier molecular flexibility index (Phi) is 3.55. The first-order chi connectivity index (χ1) is 9.86.